The van der Waals surface area contributed by atoms with Crippen LogP contribution in [0.1, 0.15) is 0 Å². The van der Waals surface area contributed by atoms with Crippen LogP contribution in [0, 0.1) is 0 Å². The molecule has 130 valence electrons. The molecule has 2 aliphatic heterocycles. The highest BCUT2D eigenvalue weighted by Crippen LogP contribution is 2.35. The van der Waals surface area contributed by atoms with Crippen molar-refractivity contribution in [2.75, 3.05) is 19.8 Å². The van der Waals surface area contributed by atoms with Gasteiger partial charge in [-0.25, -0.2) is 0 Å². The summed E-state index contributed by atoms with van der Waals surface area (Å²) in [5.74, 6) is 0. The van der Waals surface area contributed by atoms with Gasteiger partial charge in [0.1, 0.15) is 29.9 Å². The number of rotatable bonds is 4. The Morgan fingerprint density at radius 2 is 1.59 bits per heavy atom. The summed E-state index contributed by atoms with van der Waals surface area (Å²) < 4.78 is 5.53. The van der Waals surface area contributed by atoms with Gasteiger partial charge in [-0.05, 0) is 0 Å². The predicted octanol–water partition coefficient (Wildman–Crippen LogP) is -4.43. The molecule has 9 atom stereocenters. The second-order valence-corrected chi connectivity index (χ2v) is 6.90. The maximum absolute atomic E-state index is 10.1. The maximum atomic E-state index is 10.1. The van der Waals surface area contributed by atoms with E-state index < -0.39 is 60.0 Å². The quantitative estimate of drug-likeness (QED) is 0.250. The highest BCUT2D eigenvalue weighted by Gasteiger charge is 2.47. The Morgan fingerprint density at radius 1 is 0.909 bits per heavy atom. The van der Waals surface area contributed by atoms with Gasteiger partial charge in [-0.15, -0.1) is 11.8 Å². The minimum atomic E-state index is -1.51. The minimum Gasteiger partial charge on any atom is -0.395 e. The number of thioether (sulfide) groups is 1. The van der Waals surface area contributed by atoms with Crippen LogP contribution in [0.25, 0.3) is 0 Å². The summed E-state index contributed by atoms with van der Waals surface area (Å²) in [6.45, 7) is -0.685. The molecule has 0 amide bonds. The molecule has 2 aliphatic rings. The molecule has 10 heteroatoms. The van der Waals surface area contributed by atoms with Gasteiger partial charge in [0.25, 0.3) is 0 Å². The molecular weight excluding hydrogens is 318 g/mol. The zero-order valence-corrected chi connectivity index (χ0v) is 12.6. The Balaban J connectivity index is 2.07. The molecule has 0 spiro atoms. The summed E-state index contributed by atoms with van der Waals surface area (Å²) in [6, 6.07) is -0.678. The molecular formula is C12H23NO8S. The van der Waals surface area contributed by atoms with E-state index in [9.17, 15) is 30.6 Å². The second kappa shape index (κ2) is 7.71. The first-order chi connectivity index (χ1) is 10.4. The highest BCUT2D eigenvalue weighted by atomic mass is 32.2. The van der Waals surface area contributed by atoms with Gasteiger partial charge in [-0.3, -0.25) is 0 Å². The molecule has 0 bridgehead atoms. The van der Waals surface area contributed by atoms with E-state index in [1.165, 1.54) is 0 Å². The van der Waals surface area contributed by atoms with E-state index in [0.29, 0.717) is 0 Å². The number of nitrogens with one attached hydrogen (secondary N) is 1. The number of piperidine rings is 1. The van der Waals surface area contributed by atoms with Crippen LogP contribution in [0.15, 0.2) is 0 Å². The first-order valence-corrected chi connectivity index (χ1v) is 8.01. The van der Waals surface area contributed by atoms with Crippen LogP contribution < -0.4 is 5.32 Å². The lowest BCUT2D eigenvalue weighted by atomic mass is 9.96. The smallest absolute Gasteiger partial charge is 0.132 e. The molecule has 8 N–H and O–H groups in total. The molecule has 2 heterocycles. The molecule has 0 aromatic rings. The fourth-order valence-corrected chi connectivity index (χ4v) is 3.91. The summed E-state index contributed by atoms with van der Waals surface area (Å²) in [6.07, 6.45) is -7.61. The van der Waals surface area contributed by atoms with Gasteiger partial charge in [0.05, 0.1) is 36.7 Å². The van der Waals surface area contributed by atoms with Gasteiger partial charge in [-0.1, -0.05) is 0 Å². The molecule has 2 saturated heterocycles. The van der Waals surface area contributed by atoms with Crippen molar-refractivity contribution in [3.05, 3.63) is 0 Å². The Kier molecular flexibility index (Phi) is 6.42. The van der Waals surface area contributed by atoms with E-state index in [1.807, 2.05) is 0 Å². The summed E-state index contributed by atoms with van der Waals surface area (Å²) in [5, 5.41) is 69.9. The van der Waals surface area contributed by atoms with Crippen molar-refractivity contribution < 1.29 is 40.5 Å². The summed E-state index contributed by atoms with van der Waals surface area (Å²) in [5.41, 5.74) is -1.04. The SMILES string of the molecule is OC[C@H]1NC[C@@H](O)[C@@H](O[C@H]2S[C@H](CO)[C@@H](O)[C@H](O)[C@H]2O)[C@@H]1O. The highest BCUT2D eigenvalue weighted by molar-refractivity contribution is 8.00. The first kappa shape index (κ1) is 18.3. The molecule has 0 aromatic carbocycles. The third kappa shape index (κ3) is 3.56. The van der Waals surface area contributed by atoms with E-state index in [4.69, 9.17) is 9.84 Å². The van der Waals surface area contributed by atoms with Crippen molar-refractivity contribution in [2.24, 2.45) is 0 Å². The van der Waals surface area contributed by atoms with E-state index in [-0.39, 0.29) is 13.2 Å². The van der Waals surface area contributed by atoms with Crippen LogP contribution in [-0.2, 0) is 4.74 Å². The number of aliphatic hydroxyl groups excluding tert-OH is 7. The average Bonchev–Trinajstić information content (AvgIpc) is 2.51. The monoisotopic (exact) mass is 341 g/mol. The van der Waals surface area contributed by atoms with Crippen LogP contribution in [0.4, 0.5) is 0 Å². The first-order valence-electron chi connectivity index (χ1n) is 7.07. The number of β-amino-alcohol motifs (C(OH)–C–C–N with tert-alkyl or cyclic N) is 1. The average molecular weight is 341 g/mol. The Morgan fingerprint density at radius 3 is 2.18 bits per heavy atom. The topological polar surface area (TPSA) is 163 Å². The van der Waals surface area contributed by atoms with Crippen LogP contribution in [0.5, 0.6) is 0 Å². The van der Waals surface area contributed by atoms with Crippen LogP contribution >= 0.6 is 11.8 Å². The van der Waals surface area contributed by atoms with E-state index in [0.717, 1.165) is 11.8 Å². The lowest BCUT2D eigenvalue weighted by Gasteiger charge is -2.44. The van der Waals surface area contributed by atoms with Crippen LogP contribution in [-0.4, -0.2) is 109 Å². The summed E-state index contributed by atoms with van der Waals surface area (Å²) in [7, 11) is 0. The van der Waals surface area contributed by atoms with Crippen molar-refractivity contribution in [3.63, 3.8) is 0 Å². The Bertz CT molecular complexity index is 362. The summed E-state index contributed by atoms with van der Waals surface area (Å²) in [4.78, 5) is 0. The van der Waals surface area contributed by atoms with E-state index in [2.05, 4.69) is 5.32 Å². The van der Waals surface area contributed by atoms with Crippen molar-refractivity contribution in [2.45, 2.75) is 53.4 Å². The normalized spacial score (nSPS) is 50.0. The van der Waals surface area contributed by atoms with Gasteiger partial charge >= 0.3 is 0 Å². The molecule has 0 radical (unpaired) electrons. The minimum absolute atomic E-state index is 0.0923. The zero-order chi connectivity index (χ0) is 16.4. The third-order valence-electron chi connectivity index (χ3n) is 4.05. The van der Waals surface area contributed by atoms with Gasteiger partial charge in [0.2, 0.25) is 0 Å². The second-order valence-electron chi connectivity index (χ2n) is 5.55. The van der Waals surface area contributed by atoms with Crippen molar-refractivity contribution in [1.29, 1.82) is 0 Å². The largest absolute Gasteiger partial charge is 0.395 e. The molecule has 0 aliphatic carbocycles. The zero-order valence-electron chi connectivity index (χ0n) is 11.8. The van der Waals surface area contributed by atoms with E-state index in [1.54, 1.807) is 0 Å². The number of aliphatic hydroxyl groups is 7. The number of hydrogen-bond acceptors (Lipinski definition) is 10. The maximum Gasteiger partial charge on any atom is 0.132 e. The number of hydrogen-bond donors (Lipinski definition) is 8. The van der Waals surface area contributed by atoms with Crippen LogP contribution in [0.3, 0.4) is 0 Å². The summed E-state index contributed by atoms with van der Waals surface area (Å²) >= 11 is 0.921. The third-order valence-corrected chi connectivity index (χ3v) is 5.49. The lowest BCUT2D eigenvalue weighted by molar-refractivity contribution is -0.176. The molecule has 2 rings (SSSR count). The Hall–Kier alpha value is -0.0100. The Labute approximate surface area is 131 Å². The van der Waals surface area contributed by atoms with Crippen molar-refractivity contribution in [3.8, 4) is 0 Å². The molecule has 0 saturated carbocycles. The van der Waals surface area contributed by atoms with Gasteiger partial charge in [-0.2, -0.15) is 0 Å². The van der Waals surface area contributed by atoms with Gasteiger partial charge in [0, 0.05) is 6.54 Å². The van der Waals surface area contributed by atoms with Crippen LogP contribution in [0.2, 0.25) is 0 Å². The standard InChI is InChI=1S/C12H23NO8S/c14-2-4-7(17)11(5(16)1-13-4)21-12-10(20)9(19)8(18)6(3-15)22-12/h4-20H,1-3H2/t4-,5-,6-,7-,8-,9+,10-,11-,12+/m1/s1. The van der Waals surface area contributed by atoms with Crippen molar-refractivity contribution >= 4 is 11.8 Å². The molecule has 0 unspecified atom stereocenters. The molecule has 2 fully saturated rings. The number of ether oxygens (including phenoxy) is 1. The van der Waals surface area contributed by atoms with Crippen molar-refractivity contribution in [1.82, 2.24) is 5.32 Å². The predicted molar refractivity (Wildman–Crippen MR) is 76.0 cm³/mol. The van der Waals surface area contributed by atoms with Gasteiger partial charge < -0.3 is 45.8 Å². The van der Waals surface area contributed by atoms with E-state index >= 15 is 0 Å². The fraction of sp³-hybridized carbons (Fsp3) is 1.00. The lowest BCUT2D eigenvalue weighted by Crippen LogP contribution is -2.64. The molecule has 9 nitrogen and oxygen atoms in total. The molecule has 22 heavy (non-hydrogen) atoms. The van der Waals surface area contributed by atoms with Gasteiger partial charge in [0.15, 0.2) is 0 Å². The molecule has 0 aromatic heterocycles. The fourth-order valence-electron chi connectivity index (χ4n) is 2.64.